The van der Waals surface area contributed by atoms with Gasteiger partial charge in [0.05, 0.1) is 16.1 Å². The first-order chi connectivity index (χ1) is 19.8. The van der Waals surface area contributed by atoms with Gasteiger partial charge in [0.2, 0.25) is 11.8 Å². The van der Waals surface area contributed by atoms with Crippen molar-refractivity contribution < 1.29 is 31.2 Å². The Morgan fingerprint density at radius 1 is 0.905 bits per heavy atom. The lowest BCUT2D eigenvalue weighted by Crippen LogP contribution is -2.53. The molecule has 0 aliphatic carbocycles. The predicted molar refractivity (Wildman–Crippen MR) is 156 cm³/mol. The summed E-state index contributed by atoms with van der Waals surface area (Å²) in [5.41, 5.74) is 0.225. The number of sulfonamides is 1. The van der Waals surface area contributed by atoms with Crippen LogP contribution in [0.2, 0.25) is 0 Å². The number of nitrogens with zero attached hydrogens (tertiary/aromatic N) is 2. The van der Waals surface area contributed by atoms with Crippen LogP contribution in [-0.2, 0) is 32.3 Å². The van der Waals surface area contributed by atoms with E-state index in [1.54, 1.807) is 25.1 Å². The number of alkyl halides is 3. The topological polar surface area (TPSA) is 86.8 Å². The summed E-state index contributed by atoms with van der Waals surface area (Å²) >= 11 is 0. The fourth-order valence-corrected chi connectivity index (χ4v) is 5.84. The van der Waals surface area contributed by atoms with Crippen molar-refractivity contribution in [3.63, 3.8) is 0 Å². The Hall–Kier alpha value is -3.86. The van der Waals surface area contributed by atoms with Crippen molar-refractivity contribution in [2.75, 3.05) is 10.8 Å². The highest BCUT2D eigenvalue weighted by Gasteiger charge is 2.36. The van der Waals surface area contributed by atoms with Gasteiger partial charge in [-0.15, -0.1) is 0 Å². The number of halogens is 3. The van der Waals surface area contributed by atoms with Crippen LogP contribution in [0, 0.1) is 6.92 Å². The van der Waals surface area contributed by atoms with E-state index in [1.165, 1.54) is 35.2 Å². The Bertz CT molecular complexity index is 1480. The molecule has 0 bridgehead atoms. The third-order valence-corrected chi connectivity index (χ3v) is 8.85. The standard InChI is InChI=1S/C31H36F3N3O4S/c1-5-23(4)35-30(39)28(6-2)36(20-24-14-11-10-13-22(24)3)29(38)21-37(42(40,41)27-17-8-7-9-18-27)26-16-12-15-25(19-26)31(32,33)34/h7-19,23,28H,5-6,20-21H2,1-4H3,(H,35,39)/t23-,28+/m0/s1. The van der Waals surface area contributed by atoms with Crippen LogP contribution in [0.25, 0.3) is 0 Å². The van der Waals surface area contributed by atoms with Gasteiger partial charge in [0.25, 0.3) is 10.0 Å². The number of hydrogen-bond donors (Lipinski definition) is 1. The summed E-state index contributed by atoms with van der Waals surface area (Å²) in [6.07, 6.45) is -3.85. The maximum absolute atomic E-state index is 14.1. The fraction of sp³-hybridized carbons (Fsp3) is 0.355. The minimum Gasteiger partial charge on any atom is -0.352 e. The predicted octanol–water partition coefficient (Wildman–Crippen LogP) is 5.93. The summed E-state index contributed by atoms with van der Waals surface area (Å²) in [7, 11) is -4.48. The van der Waals surface area contributed by atoms with Gasteiger partial charge < -0.3 is 10.2 Å². The third kappa shape index (κ3) is 7.90. The normalized spacial score (nSPS) is 13.2. The van der Waals surface area contributed by atoms with Crippen LogP contribution in [0.1, 0.15) is 50.3 Å². The number of carbonyl (C=O) groups is 2. The average molecular weight is 604 g/mol. The van der Waals surface area contributed by atoms with Crippen LogP contribution in [0.4, 0.5) is 18.9 Å². The highest BCUT2D eigenvalue weighted by molar-refractivity contribution is 7.92. The highest BCUT2D eigenvalue weighted by atomic mass is 32.2. The average Bonchev–Trinajstić information content (AvgIpc) is 2.96. The SMILES string of the molecule is CC[C@H](C(=O)N[C@@H](C)CC)N(Cc1ccccc1C)C(=O)CN(c1cccc(C(F)(F)F)c1)S(=O)(=O)c1ccccc1. The number of hydrogen-bond acceptors (Lipinski definition) is 4. The van der Waals surface area contributed by atoms with Crippen molar-refractivity contribution in [3.8, 4) is 0 Å². The molecule has 0 saturated heterocycles. The van der Waals surface area contributed by atoms with E-state index in [1.807, 2.05) is 32.9 Å². The number of rotatable bonds is 12. The summed E-state index contributed by atoms with van der Waals surface area (Å²) in [6.45, 7) is 6.51. The van der Waals surface area contributed by atoms with Gasteiger partial charge in [-0.25, -0.2) is 8.42 Å². The van der Waals surface area contributed by atoms with Gasteiger partial charge in [-0.05, 0) is 68.1 Å². The molecule has 0 fully saturated rings. The van der Waals surface area contributed by atoms with E-state index in [-0.39, 0.29) is 29.6 Å². The van der Waals surface area contributed by atoms with Crippen LogP contribution in [0.5, 0.6) is 0 Å². The van der Waals surface area contributed by atoms with E-state index in [4.69, 9.17) is 0 Å². The lowest BCUT2D eigenvalue weighted by Gasteiger charge is -2.34. The zero-order valence-corrected chi connectivity index (χ0v) is 24.9. The minimum atomic E-state index is -4.74. The molecule has 0 spiro atoms. The second-order valence-electron chi connectivity index (χ2n) is 10.1. The number of carbonyl (C=O) groups excluding carboxylic acids is 2. The van der Waals surface area contributed by atoms with Crippen molar-refractivity contribution in [2.24, 2.45) is 0 Å². The van der Waals surface area contributed by atoms with Gasteiger partial charge >= 0.3 is 6.18 Å². The van der Waals surface area contributed by atoms with Crippen molar-refractivity contribution in [2.45, 2.75) is 70.2 Å². The molecular formula is C31H36F3N3O4S. The van der Waals surface area contributed by atoms with Crippen molar-refractivity contribution in [3.05, 3.63) is 95.6 Å². The molecule has 226 valence electrons. The molecule has 3 rings (SSSR count). The van der Waals surface area contributed by atoms with E-state index in [9.17, 15) is 31.2 Å². The van der Waals surface area contributed by atoms with E-state index in [0.717, 1.165) is 23.3 Å². The number of benzene rings is 3. The quantitative estimate of drug-likeness (QED) is 0.278. The number of nitrogens with one attached hydrogen (secondary N) is 1. The Kier molecular flexibility index (Phi) is 10.8. The fourth-order valence-electron chi connectivity index (χ4n) is 4.42. The lowest BCUT2D eigenvalue weighted by molar-refractivity contribution is -0.140. The lowest BCUT2D eigenvalue weighted by atomic mass is 10.1. The molecular weight excluding hydrogens is 567 g/mol. The summed E-state index contributed by atoms with van der Waals surface area (Å²) in [5, 5.41) is 2.89. The molecule has 0 radical (unpaired) electrons. The first-order valence-electron chi connectivity index (χ1n) is 13.7. The summed E-state index contributed by atoms with van der Waals surface area (Å²) in [6, 6.07) is 17.2. The van der Waals surface area contributed by atoms with E-state index < -0.39 is 46.2 Å². The summed E-state index contributed by atoms with van der Waals surface area (Å²) in [5.74, 6) is -1.13. The zero-order chi connectivity index (χ0) is 31.1. The van der Waals surface area contributed by atoms with Gasteiger partial charge in [-0.1, -0.05) is 62.4 Å². The molecule has 42 heavy (non-hydrogen) atoms. The monoisotopic (exact) mass is 603 g/mol. The molecule has 0 aliphatic rings. The molecule has 0 saturated carbocycles. The van der Waals surface area contributed by atoms with E-state index in [0.29, 0.717) is 16.8 Å². The molecule has 2 atom stereocenters. The number of amides is 2. The van der Waals surface area contributed by atoms with Crippen LogP contribution >= 0.6 is 0 Å². The van der Waals surface area contributed by atoms with Crippen LogP contribution in [0.3, 0.4) is 0 Å². The molecule has 1 N–H and O–H groups in total. The molecule has 11 heteroatoms. The number of anilines is 1. The molecule has 0 aromatic heterocycles. The van der Waals surface area contributed by atoms with Crippen LogP contribution < -0.4 is 9.62 Å². The van der Waals surface area contributed by atoms with Crippen molar-refractivity contribution in [1.82, 2.24) is 10.2 Å². The maximum Gasteiger partial charge on any atom is 0.416 e. The van der Waals surface area contributed by atoms with Crippen molar-refractivity contribution >= 4 is 27.5 Å². The Labute approximate surface area is 245 Å². The number of aryl methyl sites for hydroxylation is 1. The van der Waals surface area contributed by atoms with Gasteiger partial charge in [0.15, 0.2) is 0 Å². The van der Waals surface area contributed by atoms with Crippen LogP contribution in [-0.4, -0.2) is 43.8 Å². The molecule has 0 aliphatic heterocycles. The molecule has 3 aromatic carbocycles. The van der Waals surface area contributed by atoms with Gasteiger partial charge in [-0.3, -0.25) is 13.9 Å². The summed E-state index contributed by atoms with van der Waals surface area (Å²) in [4.78, 5) is 28.5. The smallest absolute Gasteiger partial charge is 0.352 e. The zero-order valence-electron chi connectivity index (χ0n) is 24.1. The second-order valence-corrected chi connectivity index (χ2v) is 11.9. The Morgan fingerprint density at radius 2 is 1.55 bits per heavy atom. The largest absolute Gasteiger partial charge is 0.416 e. The maximum atomic E-state index is 14.1. The Morgan fingerprint density at radius 3 is 2.14 bits per heavy atom. The molecule has 0 unspecified atom stereocenters. The molecule has 7 nitrogen and oxygen atoms in total. The first kappa shape index (κ1) is 32.7. The van der Waals surface area contributed by atoms with Crippen LogP contribution in [0.15, 0.2) is 83.8 Å². The minimum absolute atomic E-state index is 0.000243. The molecule has 3 aromatic rings. The van der Waals surface area contributed by atoms with Gasteiger partial charge in [0.1, 0.15) is 12.6 Å². The second kappa shape index (κ2) is 13.9. The molecule has 0 heterocycles. The van der Waals surface area contributed by atoms with E-state index in [2.05, 4.69) is 5.32 Å². The van der Waals surface area contributed by atoms with Crippen molar-refractivity contribution in [1.29, 1.82) is 0 Å². The Balaban J connectivity index is 2.12. The third-order valence-electron chi connectivity index (χ3n) is 7.06. The highest BCUT2D eigenvalue weighted by Crippen LogP contribution is 2.33. The molecule has 2 amide bonds. The summed E-state index contributed by atoms with van der Waals surface area (Å²) < 4.78 is 69.1. The van der Waals surface area contributed by atoms with Gasteiger partial charge in [0, 0.05) is 12.6 Å². The van der Waals surface area contributed by atoms with E-state index >= 15 is 0 Å². The first-order valence-corrected chi connectivity index (χ1v) is 15.1. The van der Waals surface area contributed by atoms with Gasteiger partial charge in [-0.2, -0.15) is 13.2 Å².